The van der Waals surface area contributed by atoms with Gasteiger partial charge in [-0.3, -0.25) is 4.79 Å². The number of amides is 2. The largest absolute Gasteiger partial charge is 0.497 e. The molecule has 2 aromatic carbocycles. The van der Waals surface area contributed by atoms with Crippen LogP contribution in [0.4, 0.5) is 32.9 Å². The van der Waals surface area contributed by atoms with Crippen LogP contribution in [0.3, 0.4) is 0 Å². The summed E-state index contributed by atoms with van der Waals surface area (Å²) in [4.78, 5) is 53.5. The molecule has 4 aromatic rings. The Morgan fingerprint density at radius 2 is 1.69 bits per heavy atom. The van der Waals surface area contributed by atoms with Gasteiger partial charge in [-0.25, -0.2) is 19.5 Å². The first-order valence-electron chi connectivity index (χ1n) is 16.7. The van der Waals surface area contributed by atoms with Crippen LogP contribution in [0, 0.1) is 0 Å². The number of imide groups is 1. The Bertz CT molecular complexity index is 2060. The molecule has 51 heavy (non-hydrogen) atoms. The van der Waals surface area contributed by atoms with Crippen molar-refractivity contribution in [3.8, 4) is 5.75 Å². The highest BCUT2D eigenvalue weighted by Gasteiger charge is 2.68. The predicted octanol–water partition coefficient (Wildman–Crippen LogP) is 6.56. The number of rotatable bonds is 5. The van der Waals surface area contributed by atoms with Gasteiger partial charge in [0.1, 0.15) is 22.0 Å². The molecule has 2 fully saturated rings. The second kappa shape index (κ2) is 12.4. The summed E-state index contributed by atoms with van der Waals surface area (Å²) < 4.78 is 23.6. The number of nitrogens with one attached hydrogen (secondary N) is 1. The molecule has 1 aliphatic carbocycles. The Labute approximate surface area is 300 Å². The van der Waals surface area contributed by atoms with Gasteiger partial charge in [0, 0.05) is 24.4 Å². The molecule has 0 bridgehead atoms. The number of morpholine rings is 1. The summed E-state index contributed by atoms with van der Waals surface area (Å²) in [5.74, 6) is 0.997. The monoisotopic (exact) mass is 717 g/mol. The number of carbonyl (C=O) groups excluding carboxylic acids is 3. The molecule has 0 radical (unpaired) electrons. The van der Waals surface area contributed by atoms with Gasteiger partial charge in [-0.05, 0) is 89.4 Å². The molecule has 14 nitrogen and oxygen atoms in total. The third-order valence-electron chi connectivity index (χ3n) is 8.98. The van der Waals surface area contributed by atoms with Crippen molar-refractivity contribution in [3.05, 3.63) is 58.7 Å². The fourth-order valence-corrected chi connectivity index (χ4v) is 6.80. The second-order valence-corrected chi connectivity index (χ2v) is 15.2. The van der Waals surface area contributed by atoms with Crippen molar-refractivity contribution in [3.63, 3.8) is 0 Å². The Hall–Kier alpha value is -4.95. The fraction of sp³-hybridized carbons (Fsp3) is 0.444. The summed E-state index contributed by atoms with van der Waals surface area (Å²) in [5.41, 5.74) is -0.265. The molecule has 0 unspecified atom stereocenters. The van der Waals surface area contributed by atoms with E-state index in [1.807, 2.05) is 23.1 Å². The summed E-state index contributed by atoms with van der Waals surface area (Å²) in [5, 5.41) is 8.70. The molecule has 2 amide bonds. The maximum Gasteiger partial charge on any atom is 0.435 e. The Kier molecular flexibility index (Phi) is 8.37. The van der Waals surface area contributed by atoms with Crippen LogP contribution in [0.2, 0.25) is 5.02 Å². The number of hydrogen-bond acceptors (Lipinski definition) is 12. The van der Waals surface area contributed by atoms with E-state index in [9.17, 15) is 14.4 Å². The number of benzene rings is 2. The first-order valence-corrected chi connectivity index (χ1v) is 17.1. The molecule has 1 saturated carbocycles. The normalized spacial score (nSPS) is 20.1. The van der Waals surface area contributed by atoms with E-state index in [-0.39, 0.29) is 16.8 Å². The molecule has 268 valence electrons. The highest BCUT2D eigenvalue weighted by molar-refractivity contribution is 6.33. The summed E-state index contributed by atoms with van der Waals surface area (Å²) in [6, 6.07) is 10.8. The molecule has 4 heterocycles. The minimum absolute atomic E-state index is 0.270. The zero-order chi connectivity index (χ0) is 36.5. The smallest absolute Gasteiger partial charge is 0.435 e. The minimum atomic E-state index is -1.03. The Morgan fingerprint density at radius 3 is 2.37 bits per heavy atom. The van der Waals surface area contributed by atoms with Crippen molar-refractivity contribution in [1.82, 2.24) is 19.7 Å². The molecule has 7 rings (SSSR count). The van der Waals surface area contributed by atoms with E-state index in [2.05, 4.69) is 20.4 Å². The zero-order valence-electron chi connectivity index (χ0n) is 29.6. The van der Waals surface area contributed by atoms with E-state index in [0.717, 1.165) is 10.5 Å². The molecular weight excluding hydrogens is 678 g/mol. The van der Waals surface area contributed by atoms with Crippen LogP contribution >= 0.6 is 11.6 Å². The van der Waals surface area contributed by atoms with Crippen LogP contribution in [-0.4, -0.2) is 82.5 Å². The number of nitrogens with zero attached hydrogens (tertiary/aromatic N) is 6. The van der Waals surface area contributed by atoms with E-state index >= 15 is 0 Å². The number of hydrogen-bond donors (Lipinski definition) is 1. The third kappa shape index (κ3) is 6.31. The highest BCUT2D eigenvalue weighted by atomic mass is 35.5. The van der Waals surface area contributed by atoms with Gasteiger partial charge in [0.25, 0.3) is 0 Å². The Morgan fingerprint density at radius 1 is 0.980 bits per heavy atom. The number of fused-ring (bicyclic) bond motifs is 3. The summed E-state index contributed by atoms with van der Waals surface area (Å²) >= 11 is 6.55. The van der Waals surface area contributed by atoms with E-state index in [4.69, 9.17) is 30.5 Å². The number of methoxy groups -OCH3 is 1. The van der Waals surface area contributed by atoms with Crippen molar-refractivity contribution < 1.29 is 33.3 Å². The Balaban J connectivity index is 1.28. The minimum Gasteiger partial charge on any atom is -0.497 e. The molecule has 15 heteroatoms. The highest BCUT2D eigenvalue weighted by Crippen LogP contribution is 2.67. The third-order valence-corrected chi connectivity index (χ3v) is 9.26. The summed E-state index contributed by atoms with van der Waals surface area (Å²) in [6.45, 7) is 13.0. The average Bonchev–Trinajstić information content (AvgIpc) is 3.66. The van der Waals surface area contributed by atoms with Crippen molar-refractivity contribution in [1.29, 1.82) is 0 Å². The molecule has 1 spiro atoms. The van der Waals surface area contributed by atoms with Gasteiger partial charge in [-0.15, -0.1) is 5.10 Å². The number of carbonyl (C=O) groups is 3. The number of aromatic nitrogens is 4. The van der Waals surface area contributed by atoms with Crippen molar-refractivity contribution in [2.45, 2.75) is 70.5 Å². The average molecular weight is 718 g/mol. The van der Waals surface area contributed by atoms with E-state index in [1.54, 1.807) is 66.9 Å². The maximum atomic E-state index is 14.3. The van der Waals surface area contributed by atoms with Gasteiger partial charge in [0.05, 0.1) is 43.1 Å². The number of ether oxygens (including phenoxy) is 4. The fourth-order valence-electron chi connectivity index (χ4n) is 6.67. The van der Waals surface area contributed by atoms with Gasteiger partial charge in [-0.1, -0.05) is 17.7 Å². The summed E-state index contributed by atoms with van der Waals surface area (Å²) in [6.07, 6.45) is 0.527. The lowest BCUT2D eigenvalue weighted by atomic mass is 9.91. The van der Waals surface area contributed by atoms with Gasteiger partial charge >= 0.3 is 12.2 Å². The molecule has 1 N–H and O–H groups in total. The van der Waals surface area contributed by atoms with Crippen LogP contribution in [-0.2, 0) is 24.4 Å². The number of halogens is 1. The van der Waals surface area contributed by atoms with Crippen molar-refractivity contribution >= 4 is 63.9 Å². The molecule has 2 atom stereocenters. The first-order chi connectivity index (χ1) is 24.1. The van der Waals surface area contributed by atoms with Gasteiger partial charge < -0.3 is 29.2 Å². The molecular formula is C36H40ClN7O7. The standard InChI is InChI=1S/C36H40ClN7O7/c1-34(2,3)50-32(46)43-26-11-9-21(48-7)17-23(26)36(30(43)45)18-24(36)20-8-10-22-27(16-20)44(33(47)51-35(4,5)6)41-28(22)39-29-25(37)19-38-31(40-29)42-12-14-49-15-13-42/h8-11,16-17,19,24H,12-15,18H2,1-7H3,(H,38,39,40,41)/t24-,36-/m0/s1. The summed E-state index contributed by atoms with van der Waals surface area (Å²) in [7, 11) is 1.55. The van der Waals surface area contributed by atoms with Crippen LogP contribution in [0.15, 0.2) is 42.6 Å². The van der Waals surface area contributed by atoms with Crippen molar-refractivity contribution in [2.24, 2.45) is 0 Å². The van der Waals surface area contributed by atoms with Crippen LogP contribution in [0.5, 0.6) is 5.75 Å². The number of anilines is 4. The lowest BCUT2D eigenvalue weighted by molar-refractivity contribution is -0.120. The maximum absolute atomic E-state index is 14.3. The van der Waals surface area contributed by atoms with Crippen molar-refractivity contribution in [2.75, 3.05) is 48.5 Å². The van der Waals surface area contributed by atoms with Crippen LogP contribution < -0.4 is 19.9 Å². The SMILES string of the molecule is COc1ccc2c(c1)[C@]1(C[C@H]1c1ccc3c(Nc4nc(N5CCOCC5)ncc4Cl)nn(C(=O)OC(C)(C)C)c3c1)C(=O)N2C(=O)OC(C)(C)C. The molecule has 2 aromatic heterocycles. The second-order valence-electron chi connectivity index (χ2n) is 14.8. The van der Waals surface area contributed by atoms with Crippen LogP contribution in [0.1, 0.15) is 65.0 Å². The van der Waals surface area contributed by atoms with E-state index < -0.39 is 28.8 Å². The zero-order valence-corrected chi connectivity index (χ0v) is 30.3. The topological polar surface area (TPSA) is 150 Å². The molecule has 1 saturated heterocycles. The quantitative estimate of drug-likeness (QED) is 0.238. The van der Waals surface area contributed by atoms with E-state index in [1.165, 1.54) is 10.9 Å². The first kappa shape index (κ1) is 34.5. The van der Waals surface area contributed by atoms with Gasteiger partial charge in [0.15, 0.2) is 11.6 Å². The van der Waals surface area contributed by atoms with Crippen LogP contribution in [0.25, 0.3) is 10.9 Å². The molecule has 3 aliphatic rings. The lowest BCUT2D eigenvalue weighted by Crippen LogP contribution is -2.41. The lowest BCUT2D eigenvalue weighted by Gasteiger charge is -2.27. The molecule has 2 aliphatic heterocycles. The van der Waals surface area contributed by atoms with Gasteiger partial charge in [0.2, 0.25) is 11.9 Å². The predicted molar refractivity (Wildman–Crippen MR) is 190 cm³/mol. The van der Waals surface area contributed by atoms with Gasteiger partial charge in [-0.2, -0.15) is 9.67 Å². The van der Waals surface area contributed by atoms with E-state index in [0.29, 0.717) is 78.2 Å².